The summed E-state index contributed by atoms with van der Waals surface area (Å²) >= 11 is 0. The molecule has 0 unspecified atom stereocenters. The molecule has 0 heterocycles. The molecule has 3 rings (SSSR count). The number of hydrogen-bond acceptors (Lipinski definition) is 4. The van der Waals surface area contributed by atoms with Crippen molar-refractivity contribution < 1.29 is 14.2 Å². The predicted octanol–water partition coefficient (Wildman–Crippen LogP) is 4.93. The number of ether oxygens (including phenoxy) is 3. The highest BCUT2D eigenvalue weighted by atomic mass is 16.5. The first-order valence-corrected chi connectivity index (χ1v) is 8.11. The van der Waals surface area contributed by atoms with Gasteiger partial charge in [0.15, 0.2) is 11.5 Å². The van der Waals surface area contributed by atoms with Crippen LogP contribution in [0.4, 0.5) is 0 Å². The van der Waals surface area contributed by atoms with E-state index < -0.39 is 0 Å². The Morgan fingerprint density at radius 3 is 2.23 bits per heavy atom. The van der Waals surface area contributed by atoms with Crippen LogP contribution in [0.5, 0.6) is 17.2 Å². The van der Waals surface area contributed by atoms with E-state index in [1.807, 2.05) is 48.5 Å². The maximum Gasteiger partial charge on any atom is 0.203 e. The van der Waals surface area contributed by atoms with Gasteiger partial charge in [-0.15, -0.1) is 0 Å². The summed E-state index contributed by atoms with van der Waals surface area (Å²) in [5.74, 6) is 1.60. The number of rotatable bonds is 5. The molecule has 0 N–H and O–H groups in total. The zero-order valence-electron chi connectivity index (χ0n) is 14.9. The van der Waals surface area contributed by atoms with Crippen LogP contribution in [0.15, 0.2) is 54.6 Å². The Bertz CT molecular complexity index is 1020. The number of hydrogen-bond donors (Lipinski definition) is 0. The maximum atomic E-state index is 9.69. The van der Waals surface area contributed by atoms with Crippen molar-refractivity contribution in [3.63, 3.8) is 0 Å². The van der Waals surface area contributed by atoms with Crippen LogP contribution in [0.2, 0.25) is 0 Å². The van der Waals surface area contributed by atoms with Crippen LogP contribution in [0, 0.1) is 11.3 Å². The first-order chi connectivity index (χ1) is 12.7. The normalized spacial score (nSPS) is 11.1. The van der Waals surface area contributed by atoms with Crippen molar-refractivity contribution in [2.45, 2.75) is 0 Å². The molecule has 0 aromatic heterocycles. The van der Waals surface area contributed by atoms with Crippen molar-refractivity contribution in [3.8, 4) is 23.3 Å². The average Bonchev–Trinajstić information content (AvgIpc) is 2.70. The zero-order valence-corrected chi connectivity index (χ0v) is 14.9. The van der Waals surface area contributed by atoms with Crippen LogP contribution in [0.3, 0.4) is 0 Å². The highest BCUT2D eigenvalue weighted by molar-refractivity contribution is 5.95. The molecule has 0 spiro atoms. The summed E-state index contributed by atoms with van der Waals surface area (Å²) in [7, 11) is 4.70. The Morgan fingerprint density at radius 2 is 1.58 bits per heavy atom. The summed E-state index contributed by atoms with van der Waals surface area (Å²) in [6.07, 6.45) is 1.80. The lowest BCUT2D eigenvalue weighted by atomic mass is 9.99. The van der Waals surface area contributed by atoms with E-state index in [1.54, 1.807) is 33.5 Å². The number of nitrogens with zero attached hydrogens (tertiary/aromatic N) is 1. The van der Waals surface area contributed by atoms with E-state index >= 15 is 0 Å². The van der Waals surface area contributed by atoms with Gasteiger partial charge in [-0.3, -0.25) is 0 Å². The average molecular weight is 345 g/mol. The molecule has 26 heavy (non-hydrogen) atoms. The first kappa shape index (κ1) is 17.4. The summed E-state index contributed by atoms with van der Waals surface area (Å²) in [6.45, 7) is 0. The summed E-state index contributed by atoms with van der Waals surface area (Å²) in [5.41, 5.74) is 2.14. The molecule has 0 bridgehead atoms. The van der Waals surface area contributed by atoms with Crippen molar-refractivity contribution >= 4 is 22.4 Å². The Morgan fingerprint density at radius 1 is 0.846 bits per heavy atom. The number of allylic oxidation sites excluding steroid dienone is 1. The van der Waals surface area contributed by atoms with Crippen molar-refractivity contribution in [2.24, 2.45) is 0 Å². The van der Waals surface area contributed by atoms with Gasteiger partial charge in [-0.05, 0) is 40.6 Å². The fraction of sp³-hybridized carbons (Fsp3) is 0.136. The predicted molar refractivity (Wildman–Crippen MR) is 104 cm³/mol. The van der Waals surface area contributed by atoms with E-state index in [2.05, 4.69) is 6.07 Å². The van der Waals surface area contributed by atoms with E-state index in [-0.39, 0.29) is 0 Å². The van der Waals surface area contributed by atoms with Crippen molar-refractivity contribution in [1.82, 2.24) is 0 Å². The second kappa shape index (κ2) is 7.62. The van der Waals surface area contributed by atoms with Gasteiger partial charge in [-0.25, -0.2) is 0 Å². The van der Waals surface area contributed by atoms with Crippen LogP contribution >= 0.6 is 0 Å². The number of methoxy groups -OCH3 is 3. The molecule has 0 aliphatic heterocycles. The van der Waals surface area contributed by atoms with Crippen molar-refractivity contribution in [3.05, 3.63) is 65.7 Å². The molecule has 4 nitrogen and oxygen atoms in total. The molecule has 0 fully saturated rings. The van der Waals surface area contributed by atoms with Crippen LogP contribution in [-0.2, 0) is 0 Å². The Balaban J connectivity index is 2.13. The molecule has 0 radical (unpaired) electrons. The van der Waals surface area contributed by atoms with E-state index in [0.29, 0.717) is 22.8 Å². The van der Waals surface area contributed by atoms with Crippen LogP contribution in [0.25, 0.3) is 22.4 Å². The minimum atomic E-state index is 0.500. The van der Waals surface area contributed by atoms with E-state index in [1.165, 1.54) is 0 Å². The number of nitriles is 1. The van der Waals surface area contributed by atoms with Crippen LogP contribution in [-0.4, -0.2) is 21.3 Å². The minimum absolute atomic E-state index is 0.500. The lowest BCUT2D eigenvalue weighted by molar-refractivity contribution is 0.324. The second-order valence-corrected chi connectivity index (χ2v) is 5.66. The highest BCUT2D eigenvalue weighted by Crippen LogP contribution is 2.41. The third kappa shape index (κ3) is 3.20. The van der Waals surface area contributed by atoms with Crippen LogP contribution in [0.1, 0.15) is 11.1 Å². The smallest absolute Gasteiger partial charge is 0.203 e. The molecule has 3 aromatic rings. The molecule has 3 aromatic carbocycles. The lowest BCUT2D eigenvalue weighted by Crippen LogP contribution is -1.97. The summed E-state index contributed by atoms with van der Waals surface area (Å²) in [4.78, 5) is 0. The van der Waals surface area contributed by atoms with Crippen molar-refractivity contribution in [1.29, 1.82) is 5.26 Å². The van der Waals surface area contributed by atoms with Gasteiger partial charge < -0.3 is 14.2 Å². The highest BCUT2D eigenvalue weighted by Gasteiger charge is 2.15. The van der Waals surface area contributed by atoms with Crippen molar-refractivity contribution in [2.75, 3.05) is 21.3 Å². The molecular weight excluding hydrogens is 326 g/mol. The topological polar surface area (TPSA) is 51.5 Å². The zero-order chi connectivity index (χ0) is 18.5. The Labute approximate surface area is 152 Å². The van der Waals surface area contributed by atoms with Gasteiger partial charge in [0.25, 0.3) is 0 Å². The van der Waals surface area contributed by atoms with E-state index in [9.17, 15) is 5.26 Å². The van der Waals surface area contributed by atoms with Gasteiger partial charge in [0.05, 0.1) is 33.0 Å². The van der Waals surface area contributed by atoms with Gasteiger partial charge >= 0.3 is 0 Å². The monoisotopic (exact) mass is 345 g/mol. The molecule has 0 aliphatic rings. The first-order valence-electron chi connectivity index (χ1n) is 8.11. The Kier molecular flexibility index (Phi) is 5.09. The van der Waals surface area contributed by atoms with Gasteiger partial charge in [0.2, 0.25) is 5.75 Å². The summed E-state index contributed by atoms with van der Waals surface area (Å²) < 4.78 is 16.2. The summed E-state index contributed by atoms with van der Waals surface area (Å²) in [5, 5.41) is 11.9. The van der Waals surface area contributed by atoms with E-state index in [4.69, 9.17) is 14.2 Å². The summed E-state index contributed by atoms with van der Waals surface area (Å²) in [6, 6.07) is 20.0. The molecule has 0 atom stereocenters. The van der Waals surface area contributed by atoms with Gasteiger partial charge in [-0.1, -0.05) is 36.4 Å². The second-order valence-electron chi connectivity index (χ2n) is 5.66. The number of fused-ring (bicyclic) bond motifs is 1. The van der Waals surface area contributed by atoms with Gasteiger partial charge in [-0.2, -0.15) is 5.26 Å². The fourth-order valence-electron chi connectivity index (χ4n) is 2.93. The maximum absolute atomic E-state index is 9.69. The Hall–Kier alpha value is -3.45. The molecule has 0 saturated carbocycles. The lowest BCUT2D eigenvalue weighted by Gasteiger charge is -2.14. The van der Waals surface area contributed by atoms with E-state index in [0.717, 1.165) is 21.9 Å². The third-order valence-corrected chi connectivity index (χ3v) is 4.22. The SMILES string of the molecule is COc1ccc(/C=C(/C#N)c2ccc3ccccc3c2)c(OC)c1OC. The van der Waals surface area contributed by atoms with Crippen LogP contribution < -0.4 is 14.2 Å². The third-order valence-electron chi connectivity index (χ3n) is 4.22. The molecule has 130 valence electrons. The quantitative estimate of drug-likeness (QED) is 0.486. The molecule has 0 saturated heterocycles. The fourth-order valence-corrected chi connectivity index (χ4v) is 2.93. The molecular formula is C22H19NO3. The standard InChI is InChI=1S/C22H19NO3/c1-24-20-11-10-18(21(25-2)22(20)26-3)13-19(14-23)17-9-8-15-6-4-5-7-16(15)12-17/h4-13H,1-3H3/b19-13-. The van der Waals surface area contributed by atoms with Gasteiger partial charge in [0, 0.05) is 5.56 Å². The largest absolute Gasteiger partial charge is 0.493 e. The molecule has 0 aliphatic carbocycles. The molecule has 4 heteroatoms. The number of benzene rings is 3. The molecule has 0 amide bonds. The van der Waals surface area contributed by atoms with Gasteiger partial charge in [0.1, 0.15) is 0 Å². The minimum Gasteiger partial charge on any atom is -0.493 e.